The first-order valence-electron chi connectivity index (χ1n) is 8.68. The van der Waals surface area contributed by atoms with E-state index in [0.717, 1.165) is 36.3 Å². The molecule has 3 aliphatic rings. The van der Waals surface area contributed by atoms with Crippen LogP contribution >= 0.6 is 11.8 Å². The second kappa shape index (κ2) is 5.99. The average Bonchev–Trinajstić information content (AvgIpc) is 3.16. The number of urea groups is 1. The van der Waals surface area contributed by atoms with E-state index in [1.165, 1.54) is 6.42 Å². The van der Waals surface area contributed by atoms with Crippen LogP contribution in [-0.4, -0.2) is 41.2 Å². The van der Waals surface area contributed by atoms with Gasteiger partial charge in [-0.1, -0.05) is 12.1 Å². The van der Waals surface area contributed by atoms with Gasteiger partial charge in [-0.25, -0.2) is 4.79 Å². The number of carbonyl (C=O) groups is 2. The summed E-state index contributed by atoms with van der Waals surface area (Å²) in [5.74, 6) is 0.391. The van der Waals surface area contributed by atoms with Crippen molar-refractivity contribution in [1.29, 1.82) is 0 Å². The smallest absolute Gasteiger partial charge is 0.322 e. The maximum atomic E-state index is 12.8. The molecule has 2 aliphatic carbocycles. The van der Waals surface area contributed by atoms with Crippen molar-refractivity contribution in [3.8, 4) is 0 Å². The molecule has 0 aromatic heterocycles. The van der Waals surface area contributed by atoms with Gasteiger partial charge in [0.05, 0.1) is 5.69 Å². The second-order valence-corrected chi connectivity index (χ2v) is 7.85. The number of rotatable bonds is 4. The summed E-state index contributed by atoms with van der Waals surface area (Å²) in [6, 6.07) is 7.94. The first-order chi connectivity index (χ1) is 11.6. The number of carbonyl (C=O) groups excluding carboxylic acids is 2. The molecule has 1 aliphatic heterocycles. The molecule has 1 heterocycles. The Bertz CT molecular complexity index is 676. The van der Waals surface area contributed by atoms with Crippen LogP contribution in [-0.2, 0) is 4.79 Å². The van der Waals surface area contributed by atoms with Gasteiger partial charge in [-0.3, -0.25) is 4.79 Å². The van der Waals surface area contributed by atoms with Gasteiger partial charge in [0.2, 0.25) is 5.91 Å². The minimum atomic E-state index is -0.589. The van der Waals surface area contributed by atoms with Crippen LogP contribution in [0.5, 0.6) is 0 Å². The number of anilines is 1. The summed E-state index contributed by atoms with van der Waals surface area (Å²) in [5, 5.41) is 6.15. The zero-order valence-electron chi connectivity index (χ0n) is 13.9. The number of benzene rings is 1. The largest absolute Gasteiger partial charge is 0.351 e. The highest BCUT2D eigenvalue weighted by Gasteiger charge is 2.68. The van der Waals surface area contributed by atoms with Crippen LogP contribution in [0.3, 0.4) is 0 Å². The van der Waals surface area contributed by atoms with E-state index in [0.29, 0.717) is 18.5 Å². The predicted octanol–water partition coefficient (Wildman–Crippen LogP) is 3.07. The molecule has 2 atom stereocenters. The van der Waals surface area contributed by atoms with Gasteiger partial charge in [0, 0.05) is 17.5 Å². The lowest BCUT2D eigenvalue weighted by Gasteiger charge is -2.32. The molecule has 0 spiro atoms. The number of amides is 3. The highest BCUT2D eigenvalue weighted by molar-refractivity contribution is 7.98. The molecule has 3 amide bonds. The summed E-state index contributed by atoms with van der Waals surface area (Å²) in [6.45, 7) is 0.663. The zero-order chi connectivity index (χ0) is 16.7. The first kappa shape index (κ1) is 15.8. The number of para-hydroxylation sites is 1. The highest BCUT2D eigenvalue weighted by atomic mass is 32.2. The summed E-state index contributed by atoms with van der Waals surface area (Å²) in [4.78, 5) is 28.4. The number of likely N-dealkylation sites (tertiary alicyclic amines) is 1. The summed E-state index contributed by atoms with van der Waals surface area (Å²) in [7, 11) is 0. The average molecular weight is 345 g/mol. The van der Waals surface area contributed by atoms with E-state index in [2.05, 4.69) is 10.6 Å². The zero-order valence-corrected chi connectivity index (χ0v) is 14.7. The lowest BCUT2D eigenvalue weighted by Crippen LogP contribution is -2.54. The molecule has 4 rings (SSSR count). The quantitative estimate of drug-likeness (QED) is 0.825. The Balaban J connectivity index is 1.48. The Morgan fingerprint density at radius 3 is 2.71 bits per heavy atom. The van der Waals surface area contributed by atoms with Gasteiger partial charge in [0.15, 0.2) is 0 Å². The van der Waals surface area contributed by atoms with Crippen LogP contribution in [0.4, 0.5) is 10.5 Å². The Morgan fingerprint density at radius 2 is 2.04 bits per heavy atom. The molecule has 6 heteroatoms. The summed E-state index contributed by atoms with van der Waals surface area (Å²) >= 11 is 1.60. The number of hydrogen-bond donors (Lipinski definition) is 2. The summed E-state index contributed by atoms with van der Waals surface area (Å²) in [6.07, 6.45) is 7.06. The van der Waals surface area contributed by atoms with E-state index in [-0.39, 0.29) is 11.9 Å². The predicted molar refractivity (Wildman–Crippen MR) is 95.2 cm³/mol. The SMILES string of the molecule is CSc1ccccc1NC(=O)N1CCC2CC21C(=O)NC1CCC1. The summed E-state index contributed by atoms with van der Waals surface area (Å²) in [5.41, 5.74) is 0.224. The van der Waals surface area contributed by atoms with Crippen LogP contribution in [0.1, 0.15) is 32.1 Å². The van der Waals surface area contributed by atoms with Crippen LogP contribution in [0.2, 0.25) is 0 Å². The third-order valence-electron chi connectivity index (χ3n) is 5.68. The van der Waals surface area contributed by atoms with Crippen molar-refractivity contribution in [1.82, 2.24) is 10.2 Å². The fourth-order valence-electron chi connectivity index (χ4n) is 3.95. The third-order valence-corrected chi connectivity index (χ3v) is 6.48. The maximum absolute atomic E-state index is 12.8. The molecule has 0 radical (unpaired) electrons. The van der Waals surface area contributed by atoms with E-state index in [9.17, 15) is 9.59 Å². The van der Waals surface area contributed by atoms with Crippen molar-refractivity contribution in [2.75, 3.05) is 18.1 Å². The van der Waals surface area contributed by atoms with E-state index >= 15 is 0 Å². The molecule has 5 nitrogen and oxygen atoms in total. The molecule has 1 aromatic carbocycles. The van der Waals surface area contributed by atoms with Crippen molar-refractivity contribution >= 4 is 29.4 Å². The van der Waals surface area contributed by atoms with Gasteiger partial charge in [0.1, 0.15) is 5.54 Å². The topological polar surface area (TPSA) is 61.4 Å². The van der Waals surface area contributed by atoms with E-state index < -0.39 is 5.54 Å². The number of piperidine rings is 1. The van der Waals surface area contributed by atoms with Crippen molar-refractivity contribution in [3.63, 3.8) is 0 Å². The number of thioether (sulfide) groups is 1. The van der Waals surface area contributed by atoms with Crippen LogP contribution in [0.25, 0.3) is 0 Å². The minimum absolute atomic E-state index is 0.0583. The number of nitrogens with zero attached hydrogens (tertiary/aromatic N) is 1. The number of fused-ring (bicyclic) bond motifs is 1. The molecule has 24 heavy (non-hydrogen) atoms. The Kier molecular flexibility index (Phi) is 3.95. The molecule has 2 N–H and O–H groups in total. The standard InChI is InChI=1S/C18H23N3O2S/c1-24-15-8-3-2-7-14(15)20-17(23)21-10-9-12-11-18(12,21)16(22)19-13-5-4-6-13/h2-3,7-8,12-13H,4-6,9-11H2,1H3,(H,19,22)(H,20,23). The highest BCUT2D eigenvalue weighted by Crippen LogP contribution is 2.56. The third kappa shape index (κ3) is 2.48. The normalized spacial score (nSPS) is 28.0. The van der Waals surface area contributed by atoms with E-state index in [4.69, 9.17) is 0 Å². The minimum Gasteiger partial charge on any atom is -0.351 e. The number of nitrogens with one attached hydrogen (secondary N) is 2. The molecule has 2 saturated carbocycles. The van der Waals surface area contributed by atoms with Crippen LogP contribution in [0.15, 0.2) is 29.2 Å². The van der Waals surface area contributed by atoms with E-state index in [1.807, 2.05) is 30.5 Å². The van der Waals surface area contributed by atoms with Gasteiger partial charge in [0.25, 0.3) is 0 Å². The van der Waals surface area contributed by atoms with Crippen LogP contribution in [0, 0.1) is 5.92 Å². The van der Waals surface area contributed by atoms with Gasteiger partial charge < -0.3 is 15.5 Å². The van der Waals surface area contributed by atoms with Crippen molar-refractivity contribution in [2.24, 2.45) is 5.92 Å². The van der Waals surface area contributed by atoms with Gasteiger partial charge >= 0.3 is 6.03 Å². The fourth-order valence-corrected chi connectivity index (χ4v) is 4.50. The van der Waals surface area contributed by atoms with Gasteiger partial charge in [-0.05, 0) is 56.4 Å². The fraction of sp³-hybridized carbons (Fsp3) is 0.556. The Labute approximate surface area is 146 Å². The molecule has 3 fully saturated rings. The maximum Gasteiger partial charge on any atom is 0.322 e. The second-order valence-electron chi connectivity index (χ2n) is 7.00. The number of hydrogen-bond acceptors (Lipinski definition) is 3. The molecule has 1 aromatic rings. The summed E-state index contributed by atoms with van der Waals surface area (Å²) < 4.78 is 0. The monoisotopic (exact) mass is 345 g/mol. The van der Waals surface area contributed by atoms with Crippen molar-refractivity contribution in [3.05, 3.63) is 24.3 Å². The molecule has 128 valence electrons. The Hall–Kier alpha value is -1.69. The molecular weight excluding hydrogens is 322 g/mol. The molecule has 1 saturated heterocycles. The van der Waals surface area contributed by atoms with Gasteiger partial charge in [-0.15, -0.1) is 11.8 Å². The lowest BCUT2D eigenvalue weighted by molar-refractivity contribution is -0.127. The van der Waals surface area contributed by atoms with Crippen molar-refractivity contribution < 1.29 is 9.59 Å². The molecule has 0 bridgehead atoms. The Morgan fingerprint density at radius 1 is 1.25 bits per heavy atom. The first-order valence-corrected chi connectivity index (χ1v) is 9.90. The van der Waals surface area contributed by atoms with Crippen molar-refractivity contribution in [2.45, 2.75) is 48.6 Å². The van der Waals surface area contributed by atoms with Gasteiger partial charge in [-0.2, -0.15) is 0 Å². The molecule has 2 unspecified atom stereocenters. The van der Waals surface area contributed by atoms with E-state index in [1.54, 1.807) is 16.7 Å². The lowest BCUT2D eigenvalue weighted by atomic mass is 9.92. The molecular formula is C18H23N3O2S. The van der Waals surface area contributed by atoms with Crippen LogP contribution < -0.4 is 10.6 Å².